The molecule has 1 aromatic carbocycles. The van der Waals surface area contributed by atoms with E-state index in [0.29, 0.717) is 6.54 Å². The van der Waals surface area contributed by atoms with Gasteiger partial charge in [0, 0.05) is 0 Å². The maximum absolute atomic E-state index is 13.1. The van der Waals surface area contributed by atoms with Gasteiger partial charge in [0.1, 0.15) is 5.82 Å². The van der Waals surface area contributed by atoms with Crippen molar-refractivity contribution >= 4 is 0 Å². The molecule has 3 N–H and O–H groups in total. The summed E-state index contributed by atoms with van der Waals surface area (Å²) in [6.45, 7) is 2.42. The quantitative estimate of drug-likeness (QED) is 0.673. The maximum atomic E-state index is 13.1. The second-order valence-corrected chi connectivity index (χ2v) is 3.23. The fourth-order valence-corrected chi connectivity index (χ4v) is 1.28. The molecule has 0 aliphatic carbocycles. The Bertz CT molecular complexity index is 263. The molecule has 0 atom stereocenters. The fraction of sp³-hybridized carbons (Fsp3) is 0.455. The van der Waals surface area contributed by atoms with Gasteiger partial charge in [0.05, 0.1) is 0 Å². The van der Waals surface area contributed by atoms with Crippen molar-refractivity contribution in [3.8, 4) is 0 Å². The van der Waals surface area contributed by atoms with Crippen molar-refractivity contribution in [2.24, 2.45) is 5.73 Å². The third-order valence-corrected chi connectivity index (χ3v) is 2.09. The summed E-state index contributed by atoms with van der Waals surface area (Å²) in [7, 11) is 0. The first kappa shape index (κ1) is 11.1. The standard InChI is InChI=1S/C11H17FN2/c12-11-5-2-1-4-10(11)6-9-14-8-3-7-13/h1-2,4-5,14H,3,6-9,13H2. The molecule has 0 bridgehead atoms. The molecule has 0 aliphatic rings. The average molecular weight is 196 g/mol. The lowest BCUT2D eigenvalue weighted by Gasteiger charge is -2.04. The van der Waals surface area contributed by atoms with Crippen LogP contribution in [0, 0.1) is 5.82 Å². The van der Waals surface area contributed by atoms with Gasteiger partial charge >= 0.3 is 0 Å². The van der Waals surface area contributed by atoms with E-state index in [0.717, 1.165) is 31.5 Å². The number of nitrogens with one attached hydrogen (secondary N) is 1. The van der Waals surface area contributed by atoms with Crippen LogP contribution in [0.3, 0.4) is 0 Å². The number of nitrogens with two attached hydrogens (primary N) is 1. The number of rotatable bonds is 6. The molecule has 0 radical (unpaired) electrons. The summed E-state index contributed by atoms with van der Waals surface area (Å²) in [5, 5.41) is 3.22. The van der Waals surface area contributed by atoms with Crippen LogP contribution in [0.5, 0.6) is 0 Å². The minimum Gasteiger partial charge on any atom is -0.330 e. The lowest BCUT2D eigenvalue weighted by atomic mass is 10.1. The zero-order chi connectivity index (χ0) is 10.2. The minimum atomic E-state index is -0.117. The van der Waals surface area contributed by atoms with Crippen LogP contribution < -0.4 is 11.1 Å². The Labute approximate surface area is 84.3 Å². The van der Waals surface area contributed by atoms with Crippen LogP contribution in [0.25, 0.3) is 0 Å². The Morgan fingerprint density at radius 2 is 2.00 bits per heavy atom. The van der Waals surface area contributed by atoms with E-state index in [4.69, 9.17) is 5.73 Å². The Morgan fingerprint density at radius 1 is 1.21 bits per heavy atom. The first-order chi connectivity index (χ1) is 6.84. The largest absolute Gasteiger partial charge is 0.330 e. The summed E-state index contributed by atoms with van der Waals surface area (Å²) in [5.74, 6) is -0.117. The normalized spacial score (nSPS) is 10.4. The van der Waals surface area contributed by atoms with Gasteiger partial charge in [-0.15, -0.1) is 0 Å². The Kier molecular flexibility index (Phi) is 5.19. The van der Waals surface area contributed by atoms with E-state index in [1.165, 1.54) is 6.07 Å². The lowest BCUT2D eigenvalue weighted by Crippen LogP contribution is -2.21. The first-order valence-electron chi connectivity index (χ1n) is 4.99. The van der Waals surface area contributed by atoms with E-state index >= 15 is 0 Å². The first-order valence-corrected chi connectivity index (χ1v) is 4.99. The second kappa shape index (κ2) is 6.51. The highest BCUT2D eigenvalue weighted by atomic mass is 19.1. The van der Waals surface area contributed by atoms with Crippen LogP contribution in [0.2, 0.25) is 0 Å². The molecule has 0 amide bonds. The van der Waals surface area contributed by atoms with E-state index < -0.39 is 0 Å². The van der Waals surface area contributed by atoms with Crippen LogP contribution in [0.1, 0.15) is 12.0 Å². The molecule has 3 heteroatoms. The van der Waals surface area contributed by atoms with E-state index in [9.17, 15) is 4.39 Å². The molecular formula is C11H17FN2. The highest BCUT2D eigenvalue weighted by molar-refractivity contribution is 5.17. The van der Waals surface area contributed by atoms with Gasteiger partial charge in [0.15, 0.2) is 0 Å². The van der Waals surface area contributed by atoms with Crippen molar-refractivity contribution in [2.45, 2.75) is 12.8 Å². The van der Waals surface area contributed by atoms with Crippen molar-refractivity contribution in [1.29, 1.82) is 0 Å². The van der Waals surface area contributed by atoms with Gasteiger partial charge < -0.3 is 11.1 Å². The van der Waals surface area contributed by atoms with Crippen molar-refractivity contribution in [3.05, 3.63) is 35.6 Å². The van der Waals surface area contributed by atoms with E-state index in [1.54, 1.807) is 6.07 Å². The summed E-state index contributed by atoms with van der Waals surface area (Å²) in [4.78, 5) is 0. The molecule has 1 rings (SSSR count). The van der Waals surface area contributed by atoms with Crippen LogP contribution in [-0.4, -0.2) is 19.6 Å². The van der Waals surface area contributed by atoms with Crippen molar-refractivity contribution < 1.29 is 4.39 Å². The fourth-order valence-electron chi connectivity index (χ4n) is 1.28. The molecule has 1 aromatic rings. The maximum Gasteiger partial charge on any atom is 0.126 e. The van der Waals surface area contributed by atoms with E-state index in [2.05, 4.69) is 5.32 Å². The predicted molar refractivity (Wildman–Crippen MR) is 56.6 cm³/mol. The Morgan fingerprint density at radius 3 is 2.71 bits per heavy atom. The molecule has 2 nitrogen and oxygen atoms in total. The molecule has 14 heavy (non-hydrogen) atoms. The minimum absolute atomic E-state index is 0.117. The Hall–Kier alpha value is -0.930. The van der Waals surface area contributed by atoms with Crippen LogP contribution in [0.15, 0.2) is 24.3 Å². The Balaban J connectivity index is 2.21. The van der Waals surface area contributed by atoms with Crippen molar-refractivity contribution in [3.63, 3.8) is 0 Å². The van der Waals surface area contributed by atoms with Crippen molar-refractivity contribution in [1.82, 2.24) is 5.32 Å². The van der Waals surface area contributed by atoms with Crippen molar-refractivity contribution in [2.75, 3.05) is 19.6 Å². The SMILES string of the molecule is NCCCNCCc1ccccc1F. The predicted octanol–water partition coefficient (Wildman–Crippen LogP) is 1.31. The average Bonchev–Trinajstić information content (AvgIpc) is 2.20. The smallest absolute Gasteiger partial charge is 0.126 e. The summed E-state index contributed by atoms with van der Waals surface area (Å²) in [6, 6.07) is 6.88. The molecule has 0 unspecified atom stereocenters. The molecule has 0 aromatic heterocycles. The number of hydrogen-bond donors (Lipinski definition) is 2. The number of halogens is 1. The van der Waals surface area contributed by atoms with Crippen LogP contribution >= 0.6 is 0 Å². The van der Waals surface area contributed by atoms with Gasteiger partial charge in [0.25, 0.3) is 0 Å². The monoisotopic (exact) mass is 196 g/mol. The number of hydrogen-bond acceptors (Lipinski definition) is 2. The van der Waals surface area contributed by atoms with Gasteiger partial charge in [-0.3, -0.25) is 0 Å². The highest BCUT2D eigenvalue weighted by Gasteiger charge is 1.98. The topological polar surface area (TPSA) is 38.0 Å². The third kappa shape index (κ3) is 3.85. The van der Waals surface area contributed by atoms with Gasteiger partial charge in [-0.2, -0.15) is 0 Å². The summed E-state index contributed by atoms with van der Waals surface area (Å²) >= 11 is 0. The summed E-state index contributed by atoms with van der Waals surface area (Å²) < 4.78 is 13.1. The second-order valence-electron chi connectivity index (χ2n) is 3.23. The molecule has 78 valence electrons. The molecule has 0 saturated heterocycles. The molecule has 0 heterocycles. The van der Waals surface area contributed by atoms with Gasteiger partial charge in [-0.1, -0.05) is 18.2 Å². The highest BCUT2D eigenvalue weighted by Crippen LogP contribution is 2.05. The van der Waals surface area contributed by atoms with Gasteiger partial charge in [-0.05, 0) is 44.1 Å². The van der Waals surface area contributed by atoms with Crippen LogP contribution in [0.4, 0.5) is 4.39 Å². The van der Waals surface area contributed by atoms with Gasteiger partial charge in [-0.25, -0.2) is 4.39 Å². The molecule has 0 spiro atoms. The lowest BCUT2D eigenvalue weighted by molar-refractivity contribution is 0.594. The van der Waals surface area contributed by atoms with Crippen LogP contribution in [-0.2, 0) is 6.42 Å². The third-order valence-electron chi connectivity index (χ3n) is 2.09. The van der Waals surface area contributed by atoms with E-state index in [-0.39, 0.29) is 5.82 Å². The molecule has 0 fully saturated rings. The zero-order valence-corrected chi connectivity index (χ0v) is 8.30. The summed E-state index contributed by atoms with van der Waals surface area (Å²) in [6.07, 6.45) is 1.70. The van der Waals surface area contributed by atoms with Gasteiger partial charge in [0.2, 0.25) is 0 Å². The van der Waals surface area contributed by atoms with E-state index in [1.807, 2.05) is 12.1 Å². The molecule has 0 saturated carbocycles. The molecular weight excluding hydrogens is 179 g/mol. The number of benzene rings is 1. The summed E-state index contributed by atoms with van der Waals surface area (Å²) in [5.41, 5.74) is 6.12. The molecule has 0 aliphatic heterocycles. The zero-order valence-electron chi connectivity index (χ0n) is 8.30.